The lowest BCUT2D eigenvalue weighted by molar-refractivity contribution is -0.153. The average molecular weight is 241 g/mol. The van der Waals surface area contributed by atoms with Gasteiger partial charge in [0.15, 0.2) is 0 Å². The molecule has 0 aromatic heterocycles. The van der Waals surface area contributed by atoms with Crippen LogP contribution in [0, 0.1) is 11.3 Å². The van der Waals surface area contributed by atoms with Gasteiger partial charge in [-0.25, -0.2) is 0 Å². The van der Waals surface area contributed by atoms with Crippen molar-refractivity contribution in [3.8, 4) is 0 Å². The second kappa shape index (κ2) is 4.64. The number of rotatable bonds is 4. The van der Waals surface area contributed by atoms with E-state index in [1.165, 1.54) is 0 Å². The molecule has 2 rings (SSSR count). The zero-order chi connectivity index (χ0) is 12.5. The highest BCUT2D eigenvalue weighted by Gasteiger charge is 2.58. The molecule has 1 aliphatic carbocycles. The molecule has 0 atom stereocenters. The second-order valence-electron chi connectivity index (χ2n) is 5.13. The van der Waals surface area contributed by atoms with E-state index >= 15 is 0 Å². The summed E-state index contributed by atoms with van der Waals surface area (Å²) < 4.78 is 5.26. The van der Waals surface area contributed by atoms with Gasteiger partial charge < -0.3 is 14.7 Å². The minimum atomic E-state index is -1.10. The maximum absolute atomic E-state index is 12.1. The van der Waals surface area contributed by atoms with Crippen molar-refractivity contribution in [2.45, 2.75) is 25.7 Å². The van der Waals surface area contributed by atoms with Crippen LogP contribution in [-0.4, -0.2) is 48.7 Å². The SMILES string of the molecule is CN(CC1CCOCC1)C(=O)C1(C(=O)O)CC1. The van der Waals surface area contributed by atoms with E-state index in [2.05, 4.69) is 0 Å². The molecule has 2 aliphatic rings. The van der Waals surface area contributed by atoms with Crippen LogP contribution in [-0.2, 0) is 14.3 Å². The van der Waals surface area contributed by atoms with Crippen molar-refractivity contribution in [3.05, 3.63) is 0 Å². The second-order valence-corrected chi connectivity index (χ2v) is 5.13. The largest absolute Gasteiger partial charge is 0.480 e. The molecule has 1 heterocycles. The molecule has 1 saturated carbocycles. The van der Waals surface area contributed by atoms with E-state index in [-0.39, 0.29) is 5.91 Å². The van der Waals surface area contributed by atoms with Gasteiger partial charge >= 0.3 is 5.97 Å². The van der Waals surface area contributed by atoms with Crippen molar-refractivity contribution < 1.29 is 19.4 Å². The van der Waals surface area contributed by atoms with Crippen molar-refractivity contribution in [2.75, 3.05) is 26.8 Å². The Morgan fingerprint density at radius 3 is 2.41 bits per heavy atom. The summed E-state index contributed by atoms with van der Waals surface area (Å²) >= 11 is 0. The smallest absolute Gasteiger partial charge is 0.319 e. The number of ether oxygens (including phenoxy) is 1. The van der Waals surface area contributed by atoms with Gasteiger partial charge in [0.1, 0.15) is 5.41 Å². The third kappa shape index (κ3) is 2.44. The van der Waals surface area contributed by atoms with E-state index in [0.29, 0.717) is 25.3 Å². The third-order valence-corrected chi connectivity index (χ3v) is 3.79. The highest BCUT2D eigenvalue weighted by atomic mass is 16.5. The summed E-state index contributed by atoms with van der Waals surface area (Å²) in [5, 5.41) is 9.06. The number of carbonyl (C=O) groups excluding carboxylic acids is 1. The molecule has 0 aromatic carbocycles. The number of hydrogen-bond donors (Lipinski definition) is 1. The van der Waals surface area contributed by atoms with E-state index in [1.807, 2.05) is 0 Å². The standard InChI is InChI=1S/C12H19NO4/c1-13(8-9-2-6-17-7-3-9)10(14)12(4-5-12)11(15)16/h9H,2-8H2,1H3,(H,15,16). The van der Waals surface area contributed by atoms with E-state index in [4.69, 9.17) is 9.84 Å². The number of hydrogen-bond acceptors (Lipinski definition) is 3. The molecule has 0 spiro atoms. The van der Waals surface area contributed by atoms with E-state index in [0.717, 1.165) is 26.1 Å². The number of nitrogens with zero attached hydrogens (tertiary/aromatic N) is 1. The molecule has 1 N–H and O–H groups in total. The van der Waals surface area contributed by atoms with Crippen LogP contribution in [0.1, 0.15) is 25.7 Å². The fourth-order valence-electron chi connectivity index (χ4n) is 2.41. The Morgan fingerprint density at radius 1 is 1.35 bits per heavy atom. The van der Waals surface area contributed by atoms with Gasteiger partial charge in [0.05, 0.1) is 0 Å². The quantitative estimate of drug-likeness (QED) is 0.737. The zero-order valence-corrected chi connectivity index (χ0v) is 10.1. The van der Waals surface area contributed by atoms with Crippen molar-refractivity contribution in [1.29, 1.82) is 0 Å². The van der Waals surface area contributed by atoms with Gasteiger partial charge in [0, 0.05) is 26.8 Å². The van der Waals surface area contributed by atoms with Crippen LogP contribution >= 0.6 is 0 Å². The third-order valence-electron chi connectivity index (χ3n) is 3.79. The van der Waals surface area contributed by atoms with E-state index < -0.39 is 11.4 Å². The molecule has 0 radical (unpaired) electrons. The molecular formula is C12H19NO4. The average Bonchev–Trinajstić information content (AvgIpc) is 3.10. The first-order valence-corrected chi connectivity index (χ1v) is 6.13. The highest BCUT2D eigenvalue weighted by Crippen LogP contribution is 2.47. The summed E-state index contributed by atoms with van der Waals surface area (Å²) in [4.78, 5) is 24.7. The van der Waals surface area contributed by atoms with Crippen molar-refractivity contribution in [2.24, 2.45) is 11.3 Å². The van der Waals surface area contributed by atoms with Crippen molar-refractivity contribution >= 4 is 11.9 Å². The van der Waals surface area contributed by atoms with E-state index in [9.17, 15) is 9.59 Å². The normalized spacial score (nSPS) is 23.1. The molecule has 1 amide bonds. The van der Waals surface area contributed by atoms with Crippen LogP contribution in [0.5, 0.6) is 0 Å². The molecule has 1 saturated heterocycles. The lowest BCUT2D eigenvalue weighted by Crippen LogP contribution is -2.41. The van der Waals surface area contributed by atoms with Crippen LogP contribution in [0.2, 0.25) is 0 Å². The molecule has 1 aliphatic heterocycles. The molecule has 0 bridgehead atoms. The number of carbonyl (C=O) groups is 2. The minimum absolute atomic E-state index is 0.225. The van der Waals surface area contributed by atoms with Crippen LogP contribution in [0.4, 0.5) is 0 Å². The molecule has 2 fully saturated rings. The maximum atomic E-state index is 12.1. The lowest BCUT2D eigenvalue weighted by atomic mass is 9.98. The van der Waals surface area contributed by atoms with Crippen LogP contribution < -0.4 is 0 Å². The topological polar surface area (TPSA) is 66.8 Å². The number of carboxylic acid groups (broad SMARTS) is 1. The minimum Gasteiger partial charge on any atom is -0.480 e. The molecule has 5 heteroatoms. The van der Waals surface area contributed by atoms with Gasteiger partial charge in [0.2, 0.25) is 5.91 Å². The number of carboxylic acids is 1. The van der Waals surface area contributed by atoms with Gasteiger partial charge in [-0.1, -0.05) is 0 Å². The Kier molecular flexibility index (Phi) is 3.38. The molecule has 0 unspecified atom stereocenters. The molecule has 96 valence electrons. The van der Waals surface area contributed by atoms with Gasteiger partial charge in [0.25, 0.3) is 0 Å². The monoisotopic (exact) mass is 241 g/mol. The first kappa shape index (κ1) is 12.4. The summed E-state index contributed by atoms with van der Waals surface area (Å²) in [5.74, 6) is -0.750. The summed E-state index contributed by atoms with van der Waals surface area (Å²) in [5.41, 5.74) is -1.10. The molecule has 17 heavy (non-hydrogen) atoms. The van der Waals surface area contributed by atoms with Crippen molar-refractivity contribution in [1.82, 2.24) is 4.90 Å². The summed E-state index contributed by atoms with van der Waals surface area (Å²) in [6.07, 6.45) is 2.88. The zero-order valence-electron chi connectivity index (χ0n) is 10.1. The first-order valence-electron chi connectivity index (χ1n) is 6.13. The van der Waals surface area contributed by atoms with Gasteiger partial charge in [-0.15, -0.1) is 0 Å². The Bertz CT molecular complexity index is 318. The summed E-state index contributed by atoms with van der Waals surface area (Å²) in [7, 11) is 1.71. The molecular weight excluding hydrogens is 222 g/mol. The Balaban J connectivity index is 1.89. The molecule has 0 aromatic rings. The van der Waals surface area contributed by atoms with E-state index in [1.54, 1.807) is 11.9 Å². The van der Waals surface area contributed by atoms with Crippen molar-refractivity contribution in [3.63, 3.8) is 0 Å². The molecule has 5 nitrogen and oxygen atoms in total. The predicted octanol–water partition coefficient (Wildman–Crippen LogP) is 0.736. The van der Waals surface area contributed by atoms with Gasteiger partial charge in [-0.05, 0) is 31.6 Å². The lowest BCUT2D eigenvalue weighted by Gasteiger charge is -2.28. The van der Waals surface area contributed by atoms with Crippen LogP contribution in [0.15, 0.2) is 0 Å². The fraction of sp³-hybridized carbons (Fsp3) is 0.833. The van der Waals surface area contributed by atoms with Crippen LogP contribution in [0.25, 0.3) is 0 Å². The highest BCUT2D eigenvalue weighted by molar-refractivity contribution is 6.04. The maximum Gasteiger partial charge on any atom is 0.319 e. The number of aliphatic carboxylic acids is 1. The van der Waals surface area contributed by atoms with Crippen LogP contribution in [0.3, 0.4) is 0 Å². The Hall–Kier alpha value is -1.10. The number of amides is 1. The summed E-state index contributed by atoms with van der Waals surface area (Å²) in [6.45, 7) is 2.14. The Morgan fingerprint density at radius 2 is 1.94 bits per heavy atom. The predicted molar refractivity (Wildman–Crippen MR) is 60.5 cm³/mol. The fourth-order valence-corrected chi connectivity index (χ4v) is 2.41. The van der Waals surface area contributed by atoms with Gasteiger partial charge in [-0.3, -0.25) is 9.59 Å². The summed E-state index contributed by atoms with van der Waals surface area (Å²) in [6, 6.07) is 0. The Labute approximate surface area is 101 Å². The van der Waals surface area contributed by atoms with Gasteiger partial charge in [-0.2, -0.15) is 0 Å². The first-order chi connectivity index (χ1) is 8.06.